The van der Waals surface area contributed by atoms with Crippen LogP contribution in [0.2, 0.25) is 0 Å². The van der Waals surface area contributed by atoms with Gasteiger partial charge < -0.3 is 4.57 Å². The van der Waals surface area contributed by atoms with E-state index in [9.17, 15) is 0 Å². The summed E-state index contributed by atoms with van der Waals surface area (Å²) in [5, 5.41) is 0. The predicted molar refractivity (Wildman–Crippen MR) is 98.8 cm³/mol. The quantitative estimate of drug-likeness (QED) is 0.557. The van der Waals surface area contributed by atoms with E-state index in [0.29, 0.717) is 0 Å². The van der Waals surface area contributed by atoms with E-state index in [4.69, 9.17) is 17.2 Å². The normalized spacial score (nSPS) is 10.7. The fourth-order valence-corrected chi connectivity index (χ4v) is 2.89. The van der Waals surface area contributed by atoms with Gasteiger partial charge >= 0.3 is 0 Å². The second-order valence-electron chi connectivity index (χ2n) is 5.54. The van der Waals surface area contributed by atoms with Crippen molar-refractivity contribution in [3.63, 3.8) is 0 Å². The van der Waals surface area contributed by atoms with Crippen LogP contribution in [0.1, 0.15) is 19.8 Å². The highest BCUT2D eigenvalue weighted by molar-refractivity contribution is 7.71. The lowest BCUT2D eigenvalue weighted by molar-refractivity contribution is 0.620. The van der Waals surface area contributed by atoms with Crippen molar-refractivity contribution in [2.24, 2.45) is 0 Å². The maximum absolute atomic E-state index is 5.66. The van der Waals surface area contributed by atoms with Gasteiger partial charge in [0.15, 0.2) is 0 Å². The number of aromatic nitrogens is 2. The third-order valence-corrected chi connectivity index (χ3v) is 4.18. The molecule has 0 fully saturated rings. The molecule has 2 aromatic carbocycles. The zero-order chi connectivity index (χ0) is 16.1. The Kier molecular flexibility index (Phi) is 4.99. The van der Waals surface area contributed by atoms with Gasteiger partial charge in [0.05, 0.1) is 5.69 Å². The SMILES string of the molecule is CCCCn1c(-c2ccccc2)nc(-c2ccccc2)cc1=S. The first-order valence-electron chi connectivity index (χ1n) is 8.02. The minimum Gasteiger partial charge on any atom is -0.317 e. The van der Waals surface area contributed by atoms with Crippen LogP contribution in [0, 0.1) is 4.64 Å². The standard InChI is InChI=1S/C20H20N2S/c1-2-3-14-22-19(23)15-18(16-10-6-4-7-11-16)21-20(22)17-12-8-5-9-13-17/h4-13,15H,2-3,14H2,1H3. The maximum atomic E-state index is 5.66. The van der Waals surface area contributed by atoms with E-state index < -0.39 is 0 Å². The average molecular weight is 320 g/mol. The second-order valence-corrected chi connectivity index (χ2v) is 5.96. The Bertz CT molecular complexity index is 823. The van der Waals surface area contributed by atoms with Crippen LogP contribution in [0.25, 0.3) is 22.6 Å². The highest BCUT2D eigenvalue weighted by Crippen LogP contribution is 2.24. The van der Waals surface area contributed by atoms with Crippen LogP contribution in [0.5, 0.6) is 0 Å². The Balaban J connectivity index is 2.17. The van der Waals surface area contributed by atoms with Crippen molar-refractivity contribution in [3.05, 3.63) is 71.4 Å². The molecule has 0 saturated carbocycles. The van der Waals surface area contributed by atoms with Gasteiger partial charge in [-0.15, -0.1) is 0 Å². The molecule has 0 aliphatic rings. The van der Waals surface area contributed by atoms with E-state index in [1.807, 2.05) is 42.5 Å². The average Bonchev–Trinajstić information content (AvgIpc) is 2.61. The molecule has 0 unspecified atom stereocenters. The van der Waals surface area contributed by atoms with Crippen LogP contribution in [-0.2, 0) is 6.54 Å². The predicted octanol–water partition coefficient (Wildman–Crippen LogP) is 5.75. The van der Waals surface area contributed by atoms with Gasteiger partial charge in [-0.3, -0.25) is 0 Å². The van der Waals surface area contributed by atoms with Crippen molar-refractivity contribution in [3.8, 4) is 22.6 Å². The van der Waals surface area contributed by atoms with Crippen molar-refractivity contribution < 1.29 is 0 Å². The van der Waals surface area contributed by atoms with E-state index in [-0.39, 0.29) is 0 Å². The summed E-state index contributed by atoms with van der Waals surface area (Å²) in [5.41, 5.74) is 3.13. The van der Waals surface area contributed by atoms with Gasteiger partial charge in [0.2, 0.25) is 0 Å². The first kappa shape index (κ1) is 15.6. The zero-order valence-corrected chi connectivity index (χ0v) is 14.1. The van der Waals surface area contributed by atoms with E-state index in [1.165, 1.54) is 0 Å². The van der Waals surface area contributed by atoms with Crippen LogP contribution in [-0.4, -0.2) is 9.55 Å². The minimum atomic E-state index is 0.839. The van der Waals surface area contributed by atoms with E-state index in [1.54, 1.807) is 0 Å². The summed E-state index contributed by atoms with van der Waals surface area (Å²) in [5.74, 6) is 0.949. The summed E-state index contributed by atoms with van der Waals surface area (Å²) in [6, 6.07) is 22.5. The largest absolute Gasteiger partial charge is 0.317 e. The first-order chi connectivity index (χ1) is 11.3. The summed E-state index contributed by atoms with van der Waals surface area (Å²) in [7, 11) is 0. The molecule has 0 N–H and O–H groups in total. The van der Waals surface area contributed by atoms with Crippen LogP contribution in [0.15, 0.2) is 66.7 Å². The Hall–Kier alpha value is -2.26. The number of benzene rings is 2. The van der Waals surface area contributed by atoms with Crippen molar-refractivity contribution in [2.75, 3.05) is 0 Å². The number of rotatable bonds is 5. The maximum Gasteiger partial charge on any atom is 0.141 e. The molecule has 116 valence electrons. The van der Waals surface area contributed by atoms with Crippen molar-refractivity contribution in [1.29, 1.82) is 0 Å². The smallest absolute Gasteiger partial charge is 0.141 e. The van der Waals surface area contributed by atoms with Gasteiger partial charge in [-0.05, 0) is 12.5 Å². The molecule has 1 aromatic heterocycles. The van der Waals surface area contributed by atoms with E-state index in [0.717, 1.165) is 46.7 Å². The van der Waals surface area contributed by atoms with Gasteiger partial charge in [-0.1, -0.05) is 86.2 Å². The minimum absolute atomic E-state index is 0.839. The lowest BCUT2D eigenvalue weighted by atomic mass is 10.1. The van der Waals surface area contributed by atoms with Crippen LogP contribution in [0.3, 0.4) is 0 Å². The van der Waals surface area contributed by atoms with Gasteiger partial charge in [0, 0.05) is 17.7 Å². The number of unbranched alkanes of at least 4 members (excludes halogenated alkanes) is 1. The number of nitrogens with zero attached hydrogens (tertiary/aromatic N) is 2. The molecule has 3 rings (SSSR count). The van der Waals surface area contributed by atoms with Crippen LogP contribution < -0.4 is 0 Å². The molecule has 2 nitrogen and oxygen atoms in total. The third-order valence-electron chi connectivity index (χ3n) is 3.85. The molecule has 0 saturated heterocycles. The molecule has 0 aliphatic carbocycles. The number of hydrogen-bond donors (Lipinski definition) is 0. The molecule has 23 heavy (non-hydrogen) atoms. The second kappa shape index (κ2) is 7.34. The zero-order valence-electron chi connectivity index (χ0n) is 13.3. The summed E-state index contributed by atoms with van der Waals surface area (Å²) in [4.78, 5) is 4.92. The van der Waals surface area contributed by atoms with Crippen molar-refractivity contribution in [2.45, 2.75) is 26.3 Å². The molecular weight excluding hydrogens is 300 g/mol. The Morgan fingerprint density at radius 2 is 1.52 bits per heavy atom. The molecule has 0 radical (unpaired) electrons. The molecule has 3 aromatic rings. The van der Waals surface area contributed by atoms with Crippen LogP contribution in [0.4, 0.5) is 0 Å². The van der Waals surface area contributed by atoms with E-state index >= 15 is 0 Å². The monoisotopic (exact) mass is 320 g/mol. The number of hydrogen-bond acceptors (Lipinski definition) is 2. The van der Waals surface area contributed by atoms with Gasteiger partial charge in [0.25, 0.3) is 0 Å². The lowest BCUT2D eigenvalue weighted by Gasteiger charge is -2.15. The molecule has 1 heterocycles. The Morgan fingerprint density at radius 3 is 2.13 bits per heavy atom. The molecule has 0 bridgehead atoms. The topological polar surface area (TPSA) is 17.8 Å². The fraction of sp³-hybridized carbons (Fsp3) is 0.200. The lowest BCUT2D eigenvalue weighted by Crippen LogP contribution is -2.08. The summed E-state index contributed by atoms with van der Waals surface area (Å²) < 4.78 is 2.99. The van der Waals surface area contributed by atoms with Crippen LogP contribution >= 0.6 is 12.2 Å². The molecule has 0 spiro atoms. The first-order valence-corrected chi connectivity index (χ1v) is 8.43. The summed E-state index contributed by atoms with van der Waals surface area (Å²) in [6.07, 6.45) is 2.23. The van der Waals surface area contributed by atoms with Crippen molar-refractivity contribution >= 4 is 12.2 Å². The molecule has 3 heteroatoms. The third kappa shape index (κ3) is 3.57. The molecule has 0 aliphatic heterocycles. The summed E-state index contributed by atoms with van der Waals surface area (Å²) in [6.45, 7) is 3.10. The van der Waals surface area contributed by atoms with Gasteiger partial charge in [-0.25, -0.2) is 4.98 Å². The molecule has 0 amide bonds. The molecular formula is C20H20N2S. The Morgan fingerprint density at radius 1 is 0.913 bits per heavy atom. The van der Waals surface area contributed by atoms with Crippen molar-refractivity contribution in [1.82, 2.24) is 9.55 Å². The van der Waals surface area contributed by atoms with E-state index in [2.05, 4.69) is 35.8 Å². The molecule has 0 atom stereocenters. The van der Waals surface area contributed by atoms with Gasteiger partial charge in [0.1, 0.15) is 10.5 Å². The Labute approximate surface area is 142 Å². The van der Waals surface area contributed by atoms with Gasteiger partial charge in [-0.2, -0.15) is 0 Å². The summed E-state index contributed by atoms with van der Waals surface area (Å²) >= 11 is 5.66. The highest BCUT2D eigenvalue weighted by atomic mass is 32.1. The highest BCUT2D eigenvalue weighted by Gasteiger charge is 2.10. The fourth-order valence-electron chi connectivity index (χ4n) is 2.60.